The predicted octanol–water partition coefficient (Wildman–Crippen LogP) is 0.596. The molecule has 1 heterocycles. The van der Waals surface area contributed by atoms with Crippen LogP contribution in [-0.2, 0) is 16.0 Å². The number of carbonyl (C=O) groups is 2. The van der Waals surface area contributed by atoms with Gasteiger partial charge in [0.2, 0.25) is 5.91 Å². The quantitative estimate of drug-likeness (QED) is 0.787. The maximum atomic E-state index is 10.9. The van der Waals surface area contributed by atoms with E-state index in [1.165, 1.54) is 6.92 Å². The molecule has 1 unspecified atom stereocenters. The number of carbonyl (C=O) groups excluding carboxylic acids is 1. The van der Waals surface area contributed by atoms with Crippen molar-refractivity contribution >= 4 is 11.9 Å². The van der Waals surface area contributed by atoms with Crippen molar-refractivity contribution in [3.8, 4) is 0 Å². The van der Waals surface area contributed by atoms with E-state index >= 15 is 0 Å². The number of carboxylic acid groups (broad SMARTS) is 1. The first kappa shape index (κ1) is 13.2. The Labute approximate surface area is 99.6 Å². The van der Waals surface area contributed by atoms with E-state index in [2.05, 4.69) is 10.4 Å². The average Bonchev–Trinajstić information content (AvgIpc) is 2.64. The van der Waals surface area contributed by atoms with Crippen molar-refractivity contribution in [3.05, 3.63) is 18.0 Å². The molecule has 94 valence electrons. The lowest BCUT2D eigenvalue weighted by Crippen LogP contribution is -2.41. The standard InChI is InChI=1S/C11H17N3O3/c1-7(2)14-5-4-9(13-14)6-10(11(16)17)12-8(3)15/h4-5,7,10H,6H2,1-3H3,(H,12,15)(H,16,17). The van der Waals surface area contributed by atoms with Gasteiger partial charge in [-0.15, -0.1) is 0 Å². The molecule has 0 fully saturated rings. The number of nitrogens with one attached hydrogen (secondary N) is 1. The zero-order valence-corrected chi connectivity index (χ0v) is 10.2. The van der Waals surface area contributed by atoms with E-state index in [9.17, 15) is 9.59 Å². The van der Waals surface area contributed by atoms with Crippen molar-refractivity contribution in [2.75, 3.05) is 0 Å². The molecule has 6 heteroatoms. The van der Waals surface area contributed by atoms with Crippen LogP contribution in [0.4, 0.5) is 0 Å². The number of hydrogen-bond donors (Lipinski definition) is 2. The van der Waals surface area contributed by atoms with E-state index in [0.29, 0.717) is 5.69 Å². The topological polar surface area (TPSA) is 84.2 Å². The number of nitrogens with zero attached hydrogens (tertiary/aromatic N) is 2. The van der Waals surface area contributed by atoms with Crippen LogP contribution in [0.2, 0.25) is 0 Å². The zero-order chi connectivity index (χ0) is 13.0. The van der Waals surface area contributed by atoms with E-state index in [1.807, 2.05) is 13.8 Å². The van der Waals surface area contributed by atoms with Crippen molar-refractivity contribution < 1.29 is 14.7 Å². The number of aromatic nitrogens is 2. The van der Waals surface area contributed by atoms with Crippen molar-refractivity contribution in [3.63, 3.8) is 0 Å². The predicted molar refractivity (Wildman–Crippen MR) is 61.6 cm³/mol. The van der Waals surface area contributed by atoms with Gasteiger partial charge in [-0.1, -0.05) is 0 Å². The van der Waals surface area contributed by atoms with Crippen LogP contribution < -0.4 is 5.32 Å². The maximum Gasteiger partial charge on any atom is 0.326 e. The highest BCUT2D eigenvalue weighted by atomic mass is 16.4. The molecule has 1 aromatic heterocycles. The van der Waals surface area contributed by atoms with E-state index in [4.69, 9.17) is 5.11 Å². The third kappa shape index (κ3) is 3.90. The smallest absolute Gasteiger partial charge is 0.326 e. The van der Waals surface area contributed by atoms with Crippen LogP contribution in [0.3, 0.4) is 0 Å². The third-order valence-electron chi connectivity index (χ3n) is 2.28. The Morgan fingerprint density at radius 1 is 1.53 bits per heavy atom. The molecule has 17 heavy (non-hydrogen) atoms. The summed E-state index contributed by atoms with van der Waals surface area (Å²) in [7, 11) is 0. The molecule has 1 amide bonds. The largest absolute Gasteiger partial charge is 0.480 e. The van der Waals surface area contributed by atoms with Gasteiger partial charge in [0.25, 0.3) is 0 Å². The van der Waals surface area contributed by atoms with Gasteiger partial charge in [-0.05, 0) is 19.9 Å². The number of carboxylic acids is 1. The summed E-state index contributed by atoms with van der Waals surface area (Å²) in [4.78, 5) is 21.8. The molecule has 0 aliphatic heterocycles. The van der Waals surface area contributed by atoms with Crippen LogP contribution in [0.25, 0.3) is 0 Å². The van der Waals surface area contributed by atoms with Gasteiger partial charge in [0.1, 0.15) is 6.04 Å². The summed E-state index contributed by atoms with van der Waals surface area (Å²) in [6.45, 7) is 5.27. The van der Waals surface area contributed by atoms with Gasteiger partial charge in [0.15, 0.2) is 0 Å². The molecule has 0 saturated heterocycles. The number of amides is 1. The fourth-order valence-corrected chi connectivity index (χ4v) is 1.43. The lowest BCUT2D eigenvalue weighted by atomic mass is 10.1. The molecular formula is C11H17N3O3. The molecule has 6 nitrogen and oxygen atoms in total. The third-order valence-corrected chi connectivity index (χ3v) is 2.28. The zero-order valence-electron chi connectivity index (χ0n) is 10.2. The van der Waals surface area contributed by atoms with E-state index in [1.54, 1.807) is 16.9 Å². The molecular weight excluding hydrogens is 222 g/mol. The van der Waals surface area contributed by atoms with Gasteiger partial charge in [0, 0.05) is 25.6 Å². The lowest BCUT2D eigenvalue weighted by Gasteiger charge is -2.11. The molecule has 0 aliphatic rings. The molecule has 0 spiro atoms. The van der Waals surface area contributed by atoms with Crippen molar-refractivity contribution in [2.24, 2.45) is 0 Å². The fraction of sp³-hybridized carbons (Fsp3) is 0.545. The number of rotatable bonds is 5. The SMILES string of the molecule is CC(=O)NC(Cc1ccn(C(C)C)n1)C(=O)O. The van der Waals surface area contributed by atoms with E-state index in [0.717, 1.165) is 0 Å². The number of aliphatic carboxylic acids is 1. The molecule has 0 bridgehead atoms. The second-order valence-corrected chi connectivity index (χ2v) is 4.18. The van der Waals surface area contributed by atoms with E-state index < -0.39 is 12.0 Å². The minimum atomic E-state index is -1.06. The summed E-state index contributed by atoms with van der Waals surface area (Å²) in [5.74, 6) is -1.42. The van der Waals surface area contributed by atoms with Crippen LogP contribution in [0, 0.1) is 0 Å². The normalized spacial score (nSPS) is 12.5. The lowest BCUT2D eigenvalue weighted by molar-refractivity contribution is -0.141. The first-order valence-corrected chi connectivity index (χ1v) is 5.44. The van der Waals surface area contributed by atoms with Gasteiger partial charge in [0.05, 0.1) is 5.69 Å². The van der Waals surface area contributed by atoms with Crippen molar-refractivity contribution in [1.29, 1.82) is 0 Å². The molecule has 0 saturated carbocycles. The molecule has 1 rings (SSSR count). The van der Waals surface area contributed by atoms with Gasteiger partial charge < -0.3 is 10.4 Å². The van der Waals surface area contributed by atoms with Gasteiger partial charge in [-0.25, -0.2) is 4.79 Å². The summed E-state index contributed by atoms with van der Waals surface area (Å²) in [5.41, 5.74) is 0.653. The summed E-state index contributed by atoms with van der Waals surface area (Å²) in [6, 6.07) is 1.06. The minimum Gasteiger partial charge on any atom is -0.480 e. The molecule has 0 aromatic carbocycles. The Kier molecular flexibility index (Phi) is 4.25. The van der Waals surface area contributed by atoms with Gasteiger partial charge in [-0.3, -0.25) is 9.48 Å². The fourth-order valence-electron chi connectivity index (χ4n) is 1.43. The highest BCUT2D eigenvalue weighted by molar-refractivity contribution is 5.82. The number of hydrogen-bond acceptors (Lipinski definition) is 3. The second-order valence-electron chi connectivity index (χ2n) is 4.18. The Hall–Kier alpha value is -1.85. The minimum absolute atomic E-state index is 0.189. The Bertz CT molecular complexity index is 412. The first-order valence-electron chi connectivity index (χ1n) is 5.44. The molecule has 2 N–H and O–H groups in total. The molecule has 0 radical (unpaired) electrons. The van der Waals surface area contributed by atoms with Crippen LogP contribution in [0.15, 0.2) is 12.3 Å². The van der Waals surface area contributed by atoms with Gasteiger partial charge in [-0.2, -0.15) is 5.10 Å². The Balaban J connectivity index is 2.72. The van der Waals surface area contributed by atoms with Gasteiger partial charge >= 0.3 is 5.97 Å². The average molecular weight is 239 g/mol. The first-order chi connectivity index (χ1) is 7.90. The maximum absolute atomic E-state index is 10.9. The molecule has 0 aliphatic carbocycles. The van der Waals surface area contributed by atoms with Crippen LogP contribution in [-0.4, -0.2) is 32.8 Å². The highest BCUT2D eigenvalue weighted by Gasteiger charge is 2.20. The molecule has 1 aromatic rings. The summed E-state index contributed by atoms with van der Waals surface area (Å²) < 4.78 is 1.75. The Morgan fingerprint density at radius 3 is 2.59 bits per heavy atom. The van der Waals surface area contributed by atoms with Crippen LogP contribution in [0.1, 0.15) is 32.5 Å². The Morgan fingerprint density at radius 2 is 2.18 bits per heavy atom. The van der Waals surface area contributed by atoms with E-state index in [-0.39, 0.29) is 18.4 Å². The monoisotopic (exact) mass is 239 g/mol. The highest BCUT2D eigenvalue weighted by Crippen LogP contribution is 2.06. The second kappa shape index (κ2) is 5.47. The van der Waals surface area contributed by atoms with Crippen molar-refractivity contribution in [2.45, 2.75) is 39.3 Å². The van der Waals surface area contributed by atoms with Crippen LogP contribution in [0.5, 0.6) is 0 Å². The summed E-state index contributed by atoms with van der Waals surface area (Å²) in [5, 5.41) is 15.6. The van der Waals surface area contributed by atoms with Crippen LogP contribution >= 0.6 is 0 Å². The van der Waals surface area contributed by atoms with Crippen molar-refractivity contribution in [1.82, 2.24) is 15.1 Å². The molecule has 1 atom stereocenters. The summed E-state index contributed by atoms with van der Waals surface area (Å²) >= 11 is 0. The summed E-state index contributed by atoms with van der Waals surface area (Å²) in [6.07, 6.45) is 1.99.